The van der Waals surface area contributed by atoms with Gasteiger partial charge in [0, 0.05) is 11.6 Å². The molecule has 1 fully saturated rings. The summed E-state index contributed by atoms with van der Waals surface area (Å²) in [7, 11) is -6.32. The van der Waals surface area contributed by atoms with E-state index in [1.807, 2.05) is 51.1 Å². The lowest BCUT2D eigenvalue weighted by atomic mass is 9.87. The van der Waals surface area contributed by atoms with Crippen molar-refractivity contribution in [1.82, 2.24) is 0 Å². The van der Waals surface area contributed by atoms with Gasteiger partial charge in [-0.2, -0.15) is 17.2 Å². The van der Waals surface area contributed by atoms with Crippen LogP contribution in [0.25, 0.3) is 0 Å². The minimum absolute atomic E-state index is 0.0363. The third-order valence-electron chi connectivity index (χ3n) is 6.91. The van der Waals surface area contributed by atoms with Crippen LogP contribution < -0.4 is 4.74 Å². The van der Waals surface area contributed by atoms with Gasteiger partial charge in [0.15, 0.2) is 26.6 Å². The van der Waals surface area contributed by atoms with Crippen LogP contribution in [0.3, 0.4) is 0 Å². The van der Waals surface area contributed by atoms with Gasteiger partial charge in [-0.25, -0.2) is 0 Å². The number of hydrogen-bond acceptors (Lipinski definition) is 5. The molecular formula is C31H37F2O6S2+. The molecule has 3 unspecified atom stereocenters. The van der Waals surface area contributed by atoms with Gasteiger partial charge in [0.2, 0.25) is 0 Å². The van der Waals surface area contributed by atoms with Gasteiger partial charge in [-0.1, -0.05) is 39.0 Å². The van der Waals surface area contributed by atoms with Gasteiger partial charge in [0.1, 0.15) is 5.75 Å². The molecule has 1 heterocycles. The lowest BCUT2D eigenvalue weighted by molar-refractivity contribution is -0.176. The molecule has 10 heteroatoms. The predicted molar refractivity (Wildman–Crippen MR) is 155 cm³/mol. The van der Waals surface area contributed by atoms with Crippen molar-refractivity contribution < 1.29 is 36.0 Å². The van der Waals surface area contributed by atoms with E-state index in [-0.39, 0.29) is 11.2 Å². The Balaban J connectivity index is 1.73. The first-order valence-electron chi connectivity index (χ1n) is 13.2. The number of halogens is 2. The zero-order valence-electron chi connectivity index (χ0n) is 24.3. The molecule has 0 bridgehead atoms. The second-order valence-corrected chi connectivity index (χ2v) is 15.5. The van der Waals surface area contributed by atoms with Crippen molar-refractivity contribution in [2.24, 2.45) is 0 Å². The quantitative estimate of drug-likeness (QED) is 0.213. The number of benzene rings is 3. The molecule has 0 spiro atoms. The highest BCUT2D eigenvalue weighted by atomic mass is 32.2. The van der Waals surface area contributed by atoms with Gasteiger partial charge in [-0.05, 0) is 87.2 Å². The zero-order chi connectivity index (χ0) is 30.4. The Morgan fingerprint density at radius 3 is 1.98 bits per heavy atom. The summed E-state index contributed by atoms with van der Waals surface area (Å²) in [5.41, 5.74) is 1.60. The van der Waals surface area contributed by atoms with E-state index in [0.717, 1.165) is 27.2 Å². The summed E-state index contributed by atoms with van der Waals surface area (Å²) in [6, 6.07) is 22.9. The van der Waals surface area contributed by atoms with Crippen LogP contribution in [0.4, 0.5) is 8.78 Å². The fourth-order valence-corrected chi connectivity index (χ4v) is 7.14. The Morgan fingerprint density at radius 1 is 0.927 bits per heavy atom. The van der Waals surface area contributed by atoms with Crippen molar-refractivity contribution >= 4 is 21.0 Å². The zero-order valence-corrected chi connectivity index (χ0v) is 25.9. The summed E-state index contributed by atoms with van der Waals surface area (Å²) in [6.07, 6.45) is -2.11. The highest BCUT2D eigenvalue weighted by Crippen LogP contribution is 2.40. The van der Waals surface area contributed by atoms with Crippen LogP contribution in [0.5, 0.6) is 5.75 Å². The summed E-state index contributed by atoms with van der Waals surface area (Å²) in [6.45, 7) is 13.6. The summed E-state index contributed by atoms with van der Waals surface area (Å²) < 4.78 is 77.3. The van der Waals surface area contributed by atoms with E-state index in [2.05, 4.69) is 45.0 Å². The standard InChI is InChI=1S/C31H36F2O6S2/c1-21(31(32,33)41(34,35)36)38-24-9-8-10-27(19-24)40(25-15-11-22(12-16-25)28(2,3)4)26-17-13-23(14-18-26)30(7)37-20-29(5,6)39-30/h8-19,21H,20H2,1-7H3/p+1. The van der Waals surface area contributed by atoms with Crippen LogP contribution >= 0.6 is 0 Å². The van der Waals surface area contributed by atoms with Crippen molar-refractivity contribution in [3.05, 3.63) is 83.9 Å². The predicted octanol–water partition coefficient (Wildman–Crippen LogP) is 7.33. The molecule has 0 aromatic heterocycles. The molecule has 0 radical (unpaired) electrons. The molecule has 3 aromatic rings. The maximum atomic E-state index is 14.2. The lowest BCUT2D eigenvalue weighted by Gasteiger charge is -2.26. The van der Waals surface area contributed by atoms with Crippen molar-refractivity contribution in [2.75, 3.05) is 6.61 Å². The number of hydrogen-bond donors (Lipinski definition) is 1. The Hall–Kier alpha value is -2.50. The fraction of sp³-hybridized carbons (Fsp3) is 0.419. The van der Waals surface area contributed by atoms with Crippen molar-refractivity contribution in [2.45, 2.75) is 91.3 Å². The van der Waals surface area contributed by atoms with E-state index in [9.17, 15) is 17.2 Å². The Morgan fingerprint density at radius 2 is 1.49 bits per heavy atom. The van der Waals surface area contributed by atoms with Crippen molar-refractivity contribution in [1.29, 1.82) is 0 Å². The topological polar surface area (TPSA) is 82.1 Å². The van der Waals surface area contributed by atoms with E-state index in [1.54, 1.807) is 12.1 Å². The highest BCUT2D eigenvalue weighted by Gasteiger charge is 2.51. The molecule has 4 rings (SSSR count). The molecule has 0 aliphatic carbocycles. The van der Waals surface area contributed by atoms with E-state index in [0.29, 0.717) is 6.61 Å². The largest absolute Gasteiger partial charge is 0.483 e. The van der Waals surface area contributed by atoms with E-state index < -0.39 is 43.8 Å². The summed E-state index contributed by atoms with van der Waals surface area (Å²) >= 11 is 0. The summed E-state index contributed by atoms with van der Waals surface area (Å²) in [4.78, 5) is 2.74. The molecule has 3 aromatic carbocycles. The molecule has 1 N–H and O–H groups in total. The highest BCUT2D eigenvalue weighted by molar-refractivity contribution is 7.97. The minimum Gasteiger partial charge on any atom is -0.483 e. The van der Waals surface area contributed by atoms with Gasteiger partial charge in [-0.15, -0.1) is 0 Å². The minimum atomic E-state index is -5.65. The maximum absolute atomic E-state index is 14.2. The lowest BCUT2D eigenvalue weighted by Crippen LogP contribution is -2.42. The van der Waals surface area contributed by atoms with E-state index in [1.165, 1.54) is 11.6 Å². The third-order valence-corrected chi connectivity index (χ3v) is 10.1. The molecular weight excluding hydrogens is 570 g/mol. The average molecular weight is 608 g/mol. The molecule has 0 amide bonds. The second kappa shape index (κ2) is 11.0. The first-order chi connectivity index (χ1) is 18.8. The van der Waals surface area contributed by atoms with Gasteiger partial charge in [0.25, 0.3) is 0 Å². The molecule has 1 aliphatic heterocycles. The summed E-state index contributed by atoms with van der Waals surface area (Å²) in [5.74, 6) is -0.821. The Labute approximate surface area is 244 Å². The normalized spacial score (nSPS) is 20.9. The molecule has 1 aliphatic rings. The van der Waals surface area contributed by atoms with Gasteiger partial charge in [0.05, 0.1) is 23.1 Å². The van der Waals surface area contributed by atoms with Gasteiger partial charge >= 0.3 is 15.4 Å². The smallest absolute Gasteiger partial charge is 0.405 e. The Kier molecular flexibility index (Phi) is 8.41. The van der Waals surface area contributed by atoms with E-state index in [4.69, 9.17) is 18.8 Å². The van der Waals surface area contributed by atoms with Crippen LogP contribution in [-0.2, 0) is 41.7 Å². The SMILES string of the molecule is CC(Oc1cccc([S+](c2ccc(C(C)(C)C)cc2)c2ccc(C3(C)OCC(C)(C)O3)cc2)c1)C(F)(F)S(=O)(=O)O. The fourth-order valence-electron chi connectivity index (χ4n) is 4.59. The van der Waals surface area contributed by atoms with Gasteiger partial charge in [-0.3, -0.25) is 4.55 Å². The molecule has 41 heavy (non-hydrogen) atoms. The van der Waals surface area contributed by atoms with Crippen LogP contribution in [0, 0.1) is 0 Å². The monoisotopic (exact) mass is 607 g/mol. The summed E-state index contributed by atoms with van der Waals surface area (Å²) in [5, 5.41) is -4.47. The molecule has 6 nitrogen and oxygen atoms in total. The maximum Gasteiger partial charge on any atom is 0.405 e. The van der Waals surface area contributed by atoms with Crippen LogP contribution in [-0.4, -0.2) is 36.5 Å². The van der Waals surface area contributed by atoms with Crippen LogP contribution in [0.1, 0.15) is 59.6 Å². The van der Waals surface area contributed by atoms with Crippen molar-refractivity contribution in [3.8, 4) is 5.75 Å². The first-order valence-corrected chi connectivity index (χ1v) is 15.9. The average Bonchev–Trinajstić information content (AvgIpc) is 3.17. The number of alkyl halides is 2. The third kappa shape index (κ3) is 6.78. The molecule has 222 valence electrons. The molecule has 1 saturated heterocycles. The Bertz CT molecular complexity index is 1480. The van der Waals surface area contributed by atoms with Crippen LogP contribution in [0.2, 0.25) is 0 Å². The van der Waals surface area contributed by atoms with E-state index >= 15 is 0 Å². The van der Waals surface area contributed by atoms with Crippen LogP contribution in [0.15, 0.2) is 87.5 Å². The van der Waals surface area contributed by atoms with Gasteiger partial charge < -0.3 is 14.2 Å². The molecule has 0 saturated carbocycles. The first kappa shape index (κ1) is 31.4. The molecule has 3 atom stereocenters. The number of rotatable bonds is 8. The second-order valence-electron chi connectivity index (χ2n) is 12.0. The van der Waals surface area contributed by atoms with Crippen molar-refractivity contribution in [3.63, 3.8) is 0 Å². The number of ether oxygens (including phenoxy) is 3.